The standard InChI is InChI=1S/C37H54N6O8/c1-25(38)19-32(44)40-26(2)20-33(45)41-27(3)21-34(46)42-28(4)22-35(47)43-31(36(48)50-23-29-13-7-5-8-14-29)17-11-12-18-39-37(49)51-24-30-15-9-6-10-16-30/h5-10,13-16,25-28,31H,11-12,17-24,38H2,1-4H3,(H,39,49)(H,40,44)(H,41,45)(H,42,46)(H,43,47)/t25-,26+,27-,28+,31-/m0/s1. The van der Waals surface area contributed by atoms with E-state index in [4.69, 9.17) is 15.2 Å². The molecule has 51 heavy (non-hydrogen) atoms. The molecule has 0 unspecified atom stereocenters. The molecule has 0 bridgehead atoms. The van der Waals surface area contributed by atoms with Crippen molar-refractivity contribution in [1.82, 2.24) is 26.6 Å². The smallest absolute Gasteiger partial charge is 0.407 e. The molecule has 2 aromatic carbocycles. The molecule has 0 heterocycles. The van der Waals surface area contributed by atoms with E-state index in [1.165, 1.54) is 0 Å². The summed E-state index contributed by atoms with van der Waals surface area (Å²) in [6, 6.07) is 15.8. The highest BCUT2D eigenvalue weighted by Crippen LogP contribution is 2.08. The van der Waals surface area contributed by atoms with E-state index in [-0.39, 0.29) is 69.1 Å². The van der Waals surface area contributed by atoms with Gasteiger partial charge in [0.25, 0.3) is 0 Å². The van der Waals surface area contributed by atoms with Crippen molar-refractivity contribution in [2.45, 2.75) is 116 Å². The van der Waals surface area contributed by atoms with E-state index in [0.29, 0.717) is 19.4 Å². The van der Waals surface area contributed by atoms with Crippen molar-refractivity contribution in [3.8, 4) is 0 Å². The number of rotatable bonds is 22. The molecule has 5 atom stereocenters. The number of carbonyl (C=O) groups is 6. The molecule has 7 N–H and O–H groups in total. The Hall–Kier alpha value is -4.98. The zero-order valence-electron chi connectivity index (χ0n) is 30.1. The number of carbonyl (C=O) groups excluding carboxylic acids is 6. The van der Waals surface area contributed by atoms with Gasteiger partial charge < -0.3 is 41.8 Å². The number of benzene rings is 2. The van der Waals surface area contributed by atoms with Gasteiger partial charge >= 0.3 is 12.1 Å². The molecule has 0 aliphatic rings. The molecule has 0 fully saturated rings. The van der Waals surface area contributed by atoms with Crippen molar-refractivity contribution < 1.29 is 38.2 Å². The summed E-state index contributed by atoms with van der Waals surface area (Å²) in [6.45, 7) is 7.29. The van der Waals surface area contributed by atoms with Crippen LogP contribution in [0, 0.1) is 0 Å². The Labute approximate surface area is 300 Å². The summed E-state index contributed by atoms with van der Waals surface area (Å²) in [5, 5.41) is 13.6. The fourth-order valence-electron chi connectivity index (χ4n) is 5.05. The number of alkyl carbamates (subject to hydrolysis) is 1. The molecule has 280 valence electrons. The molecule has 14 heteroatoms. The van der Waals surface area contributed by atoms with Gasteiger partial charge in [0.2, 0.25) is 23.6 Å². The molecule has 2 rings (SSSR count). The largest absolute Gasteiger partial charge is 0.459 e. The lowest BCUT2D eigenvalue weighted by molar-refractivity contribution is -0.149. The van der Waals surface area contributed by atoms with Gasteiger partial charge in [-0.2, -0.15) is 0 Å². The summed E-state index contributed by atoms with van der Waals surface area (Å²) >= 11 is 0. The van der Waals surface area contributed by atoms with Gasteiger partial charge in [0.1, 0.15) is 19.3 Å². The molecular formula is C37H54N6O8. The minimum atomic E-state index is -0.935. The highest BCUT2D eigenvalue weighted by Gasteiger charge is 2.24. The van der Waals surface area contributed by atoms with E-state index in [2.05, 4.69) is 26.6 Å². The molecular weight excluding hydrogens is 656 g/mol. The maximum atomic E-state index is 13.0. The zero-order chi connectivity index (χ0) is 37.6. The van der Waals surface area contributed by atoms with Crippen LogP contribution in [0.5, 0.6) is 0 Å². The Bertz CT molecular complexity index is 1390. The number of hydrogen-bond acceptors (Lipinski definition) is 9. The van der Waals surface area contributed by atoms with E-state index in [1.54, 1.807) is 27.7 Å². The maximum absolute atomic E-state index is 13.0. The van der Waals surface area contributed by atoms with Crippen molar-refractivity contribution in [3.05, 3.63) is 71.8 Å². The fourth-order valence-corrected chi connectivity index (χ4v) is 5.05. The van der Waals surface area contributed by atoms with Crippen LogP contribution in [0.4, 0.5) is 4.79 Å². The van der Waals surface area contributed by atoms with Crippen LogP contribution in [0.25, 0.3) is 0 Å². The molecule has 0 saturated carbocycles. The van der Waals surface area contributed by atoms with Gasteiger partial charge in [-0.3, -0.25) is 19.2 Å². The van der Waals surface area contributed by atoms with Crippen LogP contribution < -0.4 is 32.3 Å². The molecule has 0 aromatic heterocycles. The number of unbranched alkanes of at least 4 members (excludes halogenated alkanes) is 1. The van der Waals surface area contributed by atoms with Crippen molar-refractivity contribution in [2.75, 3.05) is 6.54 Å². The van der Waals surface area contributed by atoms with E-state index >= 15 is 0 Å². The third-order valence-electron chi connectivity index (χ3n) is 7.45. The molecule has 0 aliphatic heterocycles. The third kappa shape index (κ3) is 19.7. The van der Waals surface area contributed by atoms with Gasteiger partial charge in [0.15, 0.2) is 0 Å². The van der Waals surface area contributed by atoms with Crippen LogP contribution in [0.3, 0.4) is 0 Å². The average molecular weight is 711 g/mol. The normalized spacial score (nSPS) is 13.7. The second kappa shape index (κ2) is 23.4. The maximum Gasteiger partial charge on any atom is 0.407 e. The van der Waals surface area contributed by atoms with Crippen molar-refractivity contribution in [2.24, 2.45) is 5.73 Å². The summed E-state index contributed by atoms with van der Waals surface area (Å²) < 4.78 is 10.7. The quantitative estimate of drug-likeness (QED) is 0.0784. The first-order chi connectivity index (χ1) is 24.3. The van der Waals surface area contributed by atoms with Crippen LogP contribution in [-0.4, -0.2) is 72.4 Å². The summed E-state index contributed by atoms with van der Waals surface area (Å²) in [6.07, 6.45) is 0.831. The Morgan fingerprint density at radius 1 is 0.588 bits per heavy atom. The monoisotopic (exact) mass is 710 g/mol. The molecule has 0 aliphatic carbocycles. The number of nitrogens with one attached hydrogen (secondary N) is 5. The highest BCUT2D eigenvalue weighted by atomic mass is 16.5. The Kier molecular flexibility index (Phi) is 19.4. The van der Waals surface area contributed by atoms with Gasteiger partial charge in [-0.1, -0.05) is 60.7 Å². The van der Waals surface area contributed by atoms with Crippen molar-refractivity contribution in [3.63, 3.8) is 0 Å². The van der Waals surface area contributed by atoms with Crippen LogP contribution in [0.15, 0.2) is 60.7 Å². The first-order valence-corrected chi connectivity index (χ1v) is 17.4. The van der Waals surface area contributed by atoms with Gasteiger partial charge in [0, 0.05) is 56.4 Å². The minimum Gasteiger partial charge on any atom is -0.459 e. The molecule has 0 radical (unpaired) electrons. The number of esters is 1. The molecule has 14 nitrogen and oxygen atoms in total. The van der Waals surface area contributed by atoms with E-state index in [0.717, 1.165) is 11.1 Å². The Balaban J connectivity index is 1.79. The van der Waals surface area contributed by atoms with Crippen molar-refractivity contribution in [1.29, 1.82) is 0 Å². The molecule has 0 saturated heterocycles. The van der Waals surface area contributed by atoms with E-state index < -0.39 is 42.1 Å². The lowest BCUT2D eigenvalue weighted by atomic mass is 10.1. The third-order valence-corrected chi connectivity index (χ3v) is 7.45. The number of amides is 5. The van der Waals surface area contributed by atoms with Crippen LogP contribution in [-0.2, 0) is 46.7 Å². The number of ether oxygens (including phenoxy) is 2. The molecule has 2 aromatic rings. The highest BCUT2D eigenvalue weighted by molar-refractivity contribution is 5.85. The van der Waals surface area contributed by atoms with Crippen LogP contribution in [0.2, 0.25) is 0 Å². The number of hydrogen-bond donors (Lipinski definition) is 6. The van der Waals surface area contributed by atoms with E-state index in [1.807, 2.05) is 60.7 Å². The minimum absolute atomic E-state index is 0.0224. The van der Waals surface area contributed by atoms with Gasteiger partial charge in [-0.25, -0.2) is 9.59 Å². The van der Waals surface area contributed by atoms with Crippen molar-refractivity contribution >= 4 is 35.7 Å². The average Bonchev–Trinajstić information content (AvgIpc) is 3.05. The second-order valence-electron chi connectivity index (χ2n) is 12.9. The lowest BCUT2D eigenvalue weighted by Gasteiger charge is -2.21. The van der Waals surface area contributed by atoms with Gasteiger partial charge in [-0.15, -0.1) is 0 Å². The number of nitrogens with two attached hydrogens (primary N) is 1. The predicted molar refractivity (Wildman–Crippen MR) is 192 cm³/mol. The summed E-state index contributed by atoms with van der Waals surface area (Å²) in [4.78, 5) is 74.9. The van der Waals surface area contributed by atoms with Crippen LogP contribution in [0.1, 0.15) is 83.8 Å². The zero-order valence-corrected chi connectivity index (χ0v) is 30.1. The fraction of sp³-hybridized carbons (Fsp3) is 0.514. The molecule has 0 spiro atoms. The SMILES string of the molecule is C[C@H](N)CC(=O)N[C@H](C)CC(=O)N[C@@H](C)CC(=O)N[C@H](C)CC(=O)N[C@@H](CCCCNC(=O)OCc1ccccc1)C(=O)OCc1ccccc1. The lowest BCUT2D eigenvalue weighted by Crippen LogP contribution is -2.45. The predicted octanol–water partition coefficient (Wildman–Crippen LogP) is 2.73. The Morgan fingerprint density at radius 2 is 1.02 bits per heavy atom. The molecule has 5 amide bonds. The van der Waals surface area contributed by atoms with E-state index in [9.17, 15) is 28.8 Å². The van der Waals surface area contributed by atoms with Gasteiger partial charge in [-0.05, 0) is 58.1 Å². The van der Waals surface area contributed by atoms with Gasteiger partial charge in [0.05, 0.1) is 0 Å². The van der Waals surface area contributed by atoms with Crippen LogP contribution >= 0.6 is 0 Å². The Morgan fingerprint density at radius 3 is 1.49 bits per heavy atom. The first-order valence-electron chi connectivity index (χ1n) is 17.4. The summed E-state index contributed by atoms with van der Waals surface area (Å²) in [5.41, 5.74) is 7.30. The summed E-state index contributed by atoms with van der Waals surface area (Å²) in [7, 11) is 0. The topological polar surface area (TPSA) is 207 Å². The first kappa shape index (κ1) is 42.2. The summed E-state index contributed by atoms with van der Waals surface area (Å²) in [5.74, 6) is -1.97. The second-order valence-corrected chi connectivity index (χ2v) is 12.9.